The maximum Gasteiger partial charge on any atom is 0.416 e. The Morgan fingerprint density at radius 1 is 0.967 bits per heavy atom. The second kappa shape index (κ2) is 9.63. The highest BCUT2D eigenvalue weighted by Crippen LogP contribution is 2.31. The standard InChI is InChI=1S/C23H23F3N2O2/c1-16(20-8-3-4-11-27-20)28-14-17-9-10-21(22(13-17)29-2)30-15-18-6-5-7-19(12-18)23(24,25)26/h3-13,16,28H,14-15H2,1-2H3. The average Bonchev–Trinajstić information content (AvgIpc) is 2.76. The van der Waals surface area contributed by atoms with Crippen LogP contribution in [0.15, 0.2) is 66.9 Å². The van der Waals surface area contributed by atoms with Crippen molar-refractivity contribution in [3.05, 3.63) is 89.2 Å². The Labute approximate surface area is 173 Å². The first-order valence-electron chi connectivity index (χ1n) is 9.47. The van der Waals surface area contributed by atoms with Crippen molar-refractivity contribution < 1.29 is 22.6 Å². The van der Waals surface area contributed by atoms with Gasteiger partial charge in [-0.15, -0.1) is 0 Å². The van der Waals surface area contributed by atoms with Crippen LogP contribution in [-0.2, 0) is 19.3 Å². The molecule has 0 amide bonds. The fourth-order valence-electron chi connectivity index (χ4n) is 2.95. The molecule has 3 rings (SSSR count). The predicted octanol–water partition coefficient (Wildman–Crippen LogP) is 5.54. The first-order chi connectivity index (χ1) is 14.4. The van der Waals surface area contributed by atoms with Gasteiger partial charge >= 0.3 is 6.18 Å². The van der Waals surface area contributed by atoms with Crippen LogP contribution in [0.4, 0.5) is 13.2 Å². The normalized spacial score (nSPS) is 12.4. The van der Waals surface area contributed by atoms with Gasteiger partial charge in [0.1, 0.15) is 6.61 Å². The minimum Gasteiger partial charge on any atom is -0.493 e. The van der Waals surface area contributed by atoms with Crippen molar-refractivity contribution >= 4 is 0 Å². The highest BCUT2D eigenvalue weighted by molar-refractivity contribution is 5.43. The zero-order chi connectivity index (χ0) is 21.6. The van der Waals surface area contributed by atoms with Gasteiger partial charge in [-0.1, -0.05) is 24.3 Å². The lowest BCUT2D eigenvalue weighted by Gasteiger charge is -2.15. The van der Waals surface area contributed by atoms with Gasteiger partial charge in [-0.2, -0.15) is 13.2 Å². The number of halogens is 3. The van der Waals surface area contributed by atoms with Crippen molar-refractivity contribution in [2.75, 3.05) is 7.11 Å². The van der Waals surface area contributed by atoms with Crippen LogP contribution in [0.2, 0.25) is 0 Å². The lowest BCUT2D eigenvalue weighted by atomic mass is 10.1. The van der Waals surface area contributed by atoms with E-state index in [4.69, 9.17) is 9.47 Å². The number of ether oxygens (including phenoxy) is 2. The lowest BCUT2D eigenvalue weighted by molar-refractivity contribution is -0.137. The molecule has 0 saturated carbocycles. The SMILES string of the molecule is COc1cc(CNC(C)c2ccccn2)ccc1OCc1cccc(C(F)(F)F)c1. The molecule has 1 unspecified atom stereocenters. The number of alkyl halides is 3. The zero-order valence-electron chi connectivity index (χ0n) is 16.7. The zero-order valence-corrected chi connectivity index (χ0v) is 16.7. The van der Waals surface area contributed by atoms with Crippen LogP contribution in [0.5, 0.6) is 11.5 Å². The molecule has 1 aromatic heterocycles. The molecule has 0 aliphatic rings. The Morgan fingerprint density at radius 2 is 1.80 bits per heavy atom. The number of benzene rings is 2. The topological polar surface area (TPSA) is 43.4 Å². The minimum absolute atomic E-state index is 0.00852. The molecule has 2 aromatic carbocycles. The van der Waals surface area contributed by atoms with Crippen molar-refractivity contribution in [3.8, 4) is 11.5 Å². The van der Waals surface area contributed by atoms with Crippen LogP contribution in [0.1, 0.15) is 35.3 Å². The molecule has 30 heavy (non-hydrogen) atoms. The number of hydrogen-bond donors (Lipinski definition) is 1. The molecule has 0 radical (unpaired) electrons. The van der Waals surface area contributed by atoms with Gasteiger partial charge in [0.15, 0.2) is 11.5 Å². The van der Waals surface area contributed by atoms with Crippen molar-refractivity contribution in [2.45, 2.75) is 32.3 Å². The minimum atomic E-state index is -4.38. The Bertz CT molecular complexity index is 962. The smallest absolute Gasteiger partial charge is 0.416 e. The Balaban J connectivity index is 1.63. The van der Waals surface area contributed by atoms with Gasteiger partial charge in [-0.05, 0) is 54.4 Å². The molecule has 1 heterocycles. The highest BCUT2D eigenvalue weighted by atomic mass is 19.4. The van der Waals surface area contributed by atoms with E-state index in [9.17, 15) is 13.2 Å². The number of nitrogens with one attached hydrogen (secondary N) is 1. The number of rotatable bonds is 8. The van der Waals surface area contributed by atoms with Crippen LogP contribution in [0.3, 0.4) is 0 Å². The number of aromatic nitrogens is 1. The van der Waals surface area contributed by atoms with E-state index < -0.39 is 11.7 Å². The van der Waals surface area contributed by atoms with Gasteiger partial charge < -0.3 is 14.8 Å². The summed E-state index contributed by atoms with van der Waals surface area (Å²) in [6.45, 7) is 2.64. The predicted molar refractivity (Wildman–Crippen MR) is 108 cm³/mol. The third-order valence-electron chi connectivity index (χ3n) is 4.62. The summed E-state index contributed by atoms with van der Waals surface area (Å²) in [5, 5.41) is 3.40. The summed E-state index contributed by atoms with van der Waals surface area (Å²) in [6.07, 6.45) is -2.62. The fourth-order valence-corrected chi connectivity index (χ4v) is 2.95. The maximum atomic E-state index is 12.9. The molecule has 3 aromatic rings. The maximum absolute atomic E-state index is 12.9. The summed E-state index contributed by atoms with van der Waals surface area (Å²) in [5.74, 6) is 0.989. The monoisotopic (exact) mass is 416 g/mol. The van der Waals surface area contributed by atoms with E-state index in [1.54, 1.807) is 18.3 Å². The molecule has 4 nitrogen and oxygen atoms in total. The van der Waals surface area contributed by atoms with Crippen LogP contribution in [0, 0.1) is 0 Å². The average molecular weight is 416 g/mol. The fraction of sp³-hybridized carbons (Fsp3) is 0.261. The summed E-state index contributed by atoms with van der Waals surface area (Å²) >= 11 is 0. The summed E-state index contributed by atoms with van der Waals surface area (Å²) in [5.41, 5.74) is 1.67. The van der Waals surface area contributed by atoms with E-state index in [0.717, 1.165) is 23.4 Å². The van der Waals surface area contributed by atoms with Gasteiger partial charge in [-0.3, -0.25) is 4.98 Å². The Morgan fingerprint density at radius 3 is 2.50 bits per heavy atom. The number of nitrogens with zero attached hydrogens (tertiary/aromatic N) is 1. The second-order valence-corrected chi connectivity index (χ2v) is 6.83. The van der Waals surface area contributed by atoms with Crippen LogP contribution >= 0.6 is 0 Å². The van der Waals surface area contributed by atoms with Crippen molar-refractivity contribution in [1.82, 2.24) is 10.3 Å². The molecule has 0 bridgehead atoms. The molecular formula is C23H23F3N2O2. The summed E-state index contributed by atoms with van der Waals surface area (Å²) in [7, 11) is 1.53. The van der Waals surface area contributed by atoms with E-state index in [2.05, 4.69) is 10.3 Å². The van der Waals surface area contributed by atoms with Crippen molar-refractivity contribution in [2.24, 2.45) is 0 Å². The van der Waals surface area contributed by atoms with Gasteiger partial charge in [0.05, 0.1) is 18.4 Å². The molecule has 1 atom stereocenters. The van der Waals surface area contributed by atoms with E-state index in [-0.39, 0.29) is 12.6 Å². The number of hydrogen-bond acceptors (Lipinski definition) is 4. The van der Waals surface area contributed by atoms with Gasteiger partial charge in [0.25, 0.3) is 0 Å². The lowest BCUT2D eigenvalue weighted by Crippen LogP contribution is -2.19. The quantitative estimate of drug-likeness (QED) is 0.524. The van der Waals surface area contributed by atoms with E-state index in [0.29, 0.717) is 23.6 Å². The Kier molecular flexibility index (Phi) is 6.95. The molecule has 158 valence electrons. The third-order valence-corrected chi connectivity index (χ3v) is 4.62. The summed E-state index contributed by atoms with van der Waals surface area (Å²) in [4.78, 5) is 4.34. The first-order valence-corrected chi connectivity index (χ1v) is 9.47. The summed E-state index contributed by atoms with van der Waals surface area (Å²) < 4.78 is 49.7. The van der Waals surface area contributed by atoms with Crippen molar-refractivity contribution in [1.29, 1.82) is 0 Å². The van der Waals surface area contributed by atoms with E-state index >= 15 is 0 Å². The highest BCUT2D eigenvalue weighted by Gasteiger charge is 2.30. The van der Waals surface area contributed by atoms with E-state index in [1.807, 2.05) is 37.3 Å². The third kappa shape index (κ3) is 5.73. The van der Waals surface area contributed by atoms with Gasteiger partial charge in [0.2, 0.25) is 0 Å². The van der Waals surface area contributed by atoms with Gasteiger partial charge in [-0.25, -0.2) is 0 Å². The molecule has 0 saturated heterocycles. The van der Waals surface area contributed by atoms with E-state index in [1.165, 1.54) is 13.2 Å². The van der Waals surface area contributed by atoms with Crippen LogP contribution in [-0.4, -0.2) is 12.1 Å². The molecule has 0 spiro atoms. The molecule has 0 fully saturated rings. The second-order valence-electron chi connectivity index (χ2n) is 6.83. The molecule has 0 aliphatic heterocycles. The first kappa shape index (κ1) is 21.6. The van der Waals surface area contributed by atoms with Crippen LogP contribution < -0.4 is 14.8 Å². The van der Waals surface area contributed by atoms with Gasteiger partial charge in [0, 0.05) is 18.8 Å². The van der Waals surface area contributed by atoms with Crippen LogP contribution in [0.25, 0.3) is 0 Å². The molecule has 0 aliphatic carbocycles. The molecule has 7 heteroatoms. The molecular weight excluding hydrogens is 393 g/mol. The Hall–Kier alpha value is -3.06. The van der Waals surface area contributed by atoms with Crippen molar-refractivity contribution in [3.63, 3.8) is 0 Å². The largest absolute Gasteiger partial charge is 0.493 e. The number of methoxy groups -OCH3 is 1. The molecule has 1 N–H and O–H groups in total. The summed E-state index contributed by atoms with van der Waals surface area (Å²) in [6, 6.07) is 16.4. The number of pyridine rings is 1.